The lowest BCUT2D eigenvalue weighted by molar-refractivity contribution is 0.374. The van der Waals surface area contributed by atoms with Crippen LogP contribution < -0.4 is 15.2 Å². The third-order valence-corrected chi connectivity index (χ3v) is 4.18. The van der Waals surface area contributed by atoms with Gasteiger partial charge in [0.25, 0.3) is 0 Å². The van der Waals surface area contributed by atoms with Crippen molar-refractivity contribution < 1.29 is 17.7 Å². The normalized spacial score (nSPS) is 11.5. The van der Waals surface area contributed by atoms with E-state index in [-0.39, 0.29) is 17.2 Å². The van der Waals surface area contributed by atoms with E-state index in [1.807, 2.05) is 0 Å². The Morgan fingerprint density at radius 2 is 2.19 bits per heavy atom. The van der Waals surface area contributed by atoms with E-state index in [0.717, 1.165) is 0 Å². The van der Waals surface area contributed by atoms with Crippen molar-refractivity contribution in [1.29, 1.82) is 0 Å². The Kier molecular flexibility index (Phi) is 4.43. The first-order valence-corrected chi connectivity index (χ1v) is 7.63. The number of methoxy groups -OCH3 is 1. The molecule has 2 aromatic rings. The van der Waals surface area contributed by atoms with Gasteiger partial charge in [-0.25, -0.2) is 13.1 Å². The average Bonchev–Trinajstić information content (AvgIpc) is 2.83. The first-order chi connectivity index (χ1) is 9.92. The second-order valence-electron chi connectivity index (χ2n) is 4.29. The lowest BCUT2D eigenvalue weighted by atomic mass is 10.3. The second kappa shape index (κ2) is 6.10. The van der Waals surface area contributed by atoms with E-state index in [1.165, 1.54) is 25.3 Å². The van der Waals surface area contributed by atoms with Crippen LogP contribution in [0.5, 0.6) is 5.75 Å². The molecule has 21 heavy (non-hydrogen) atoms. The molecule has 0 aliphatic rings. The van der Waals surface area contributed by atoms with Crippen molar-refractivity contribution in [2.24, 2.45) is 0 Å². The van der Waals surface area contributed by atoms with E-state index >= 15 is 0 Å². The summed E-state index contributed by atoms with van der Waals surface area (Å²) in [7, 11) is -2.32. The Hall–Kier alpha value is -2.13. The molecular weight excluding hydrogens is 296 g/mol. The Morgan fingerprint density at radius 1 is 1.43 bits per heavy atom. The van der Waals surface area contributed by atoms with Gasteiger partial charge in [-0.05, 0) is 19.1 Å². The molecule has 0 radical (unpaired) electrons. The maximum atomic E-state index is 12.2. The molecule has 1 aromatic heterocycles. The van der Waals surface area contributed by atoms with Crippen molar-refractivity contribution in [3.05, 3.63) is 29.9 Å². The van der Waals surface area contributed by atoms with Crippen LogP contribution in [0.25, 0.3) is 0 Å². The van der Waals surface area contributed by atoms with Crippen molar-refractivity contribution >= 4 is 15.7 Å². The molecule has 1 heterocycles. The molecule has 3 N–H and O–H groups in total. The molecule has 9 heteroatoms. The topological polar surface area (TPSA) is 120 Å². The van der Waals surface area contributed by atoms with Gasteiger partial charge in [0.15, 0.2) is 5.82 Å². The molecule has 8 nitrogen and oxygen atoms in total. The molecular formula is C12H16N4O4S. The minimum absolute atomic E-state index is 0.0286. The third-order valence-electron chi connectivity index (χ3n) is 2.68. The first-order valence-electron chi connectivity index (χ1n) is 6.15. The summed E-state index contributed by atoms with van der Waals surface area (Å²) in [5.74, 6) is 1.07. The van der Waals surface area contributed by atoms with Gasteiger partial charge in [0.05, 0.1) is 7.11 Å². The summed E-state index contributed by atoms with van der Waals surface area (Å²) in [6.07, 6.45) is 0.303. The molecule has 0 aliphatic carbocycles. The van der Waals surface area contributed by atoms with E-state index < -0.39 is 10.0 Å². The maximum Gasteiger partial charge on any atom is 0.244 e. The van der Waals surface area contributed by atoms with Crippen LogP contribution in [-0.2, 0) is 16.4 Å². The molecule has 0 saturated carbocycles. The largest absolute Gasteiger partial charge is 0.495 e. The molecule has 0 unspecified atom stereocenters. The van der Waals surface area contributed by atoms with E-state index in [9.17, 15) is 8.42 Å². The fourth-order valence-electron chi connectivity index (χ4n) is 1.72. The molecule has 0 atom stereocenters. The summed E-state index contributed by atoms with van der Waals surface area (Å²) >= 11 is 0. The number of benzene rings is 1. The van der Waals surface area contributed by atoms with Crippen molar-refractivity contribution in [2.45, 2.75) is 18.2 Å². The number of sulfonamides is 1. The number of rotatable bonds is 6. The molecule has 2 rings (SSSR count). The van der Waals surface area contributed by atoms with E-state index in [0.29, 0.717) is 23.8 Å². The Balaban J connectivity index is 2.08. The highest BCUT2D eigenvalue weighted by Crippen LogP contribution is 2.25. The average molecular weight is 312 g/mol. The van der Waals surface area contributed by atoms with Crippen LogP contribution in [0.4, 0.5) is 5.69 Å². The van der Waals surface area contributed by atoms with Crippen molar-refractivity contribution in [3.63, 3.8) is 0 Å². The third kappa shape index (κ3) is 3.70. The monoisotopic (exact) mass is 312 g/mol. The summed E-state index contributed by atoms with van der Waals surface area (Å²) in [6, 6.07) is 4.35. The fraction of sp³-hybridized carbons (Fsp3) is 0.333. The van der Waals surface area contributed by atoms with Crippen molar-refractivity contribution in [1.82, 2.24) is 14.9 Å². The summed E-state index contributed by atoms with van der Waals surface area (Å²) in [5.41, 5.74) is 6.03. The number of ether oxygens (including phenoxy) is 1. The number of nitrogens with one attached hydrogen (secondary N) is 1. The number of anilines is 1. The summed E-state index contributed by atoms with van der Waals surface area (Å²) in [4.78, 5) is 4.02. The number of aromatic nitrogens is 2. The maximum absolute atomic E-state index is 12.2. The Labute approximate surface area is 122 Å². The fourth-order valence-corrected chi connectivity index (χ4v) is 2.90. The van der Waals surface area contributed by atoms with Crippen LogP contribution in [0.2, 0.25) is 0 Å². The lowest BCUT2D eigenvalue weighted by Gasteiger charge is -2.10. The molecule has 114 valence electrons. The van der Waals surface area contributed by atoms with Crippen LogP contribution in [0.3, 0.4) is 0 Å². The highest BCUT2D eigenvalue weighted by Gasteiger charge is 2.19. The molecule has 0 bridgehead atoms. The highest BCUT2D eigenvalue weighted by molar-refractivity contribution is 7.89. The zero-order valence-electron chi connectivity index (χ0n) is 11.7. The number of aryl methyl sites for hydroxylation is 1. The molecule has 0 spiro atoms. The smallest absolute Gasteiger partial charge is 0.244 e. The Bertz CT molecular complexity index is 727. The van der Waals surface area contributed by atoms with E-state index in [2.05, 4.69) is 14.9 Å². The molecule has 0 aliphatic heterocycles. The highest BCUT2D eigenvalue weighted by atomic mass is 32.2. The van der Waals surface area contributed by atoms with Crippen LogP contribution in [0.15, 0.2) is 27.6 Å². The van der Waals surface area contributed by atoms with Crippen molar-refractivity contribution in [3.8, 4) is 5.75 Å². The van der Waals surface area contributed by atoms with Gasteiger partial charge in [-0.3, -0.25) is 0 Å². The number of hydrogen-bond donors (Lipinski definition) is 2. The van der Waals surface area contributed by atoms with Gasteiger partial charge in [-0.1, -0.05) is 5.16 Å². The zero-order valence-corrected chi connectivity index (χ0v) is 12.5. The minimum atomic E-state index is -3.70. The SMILES string of the molecule is COc1cc(N)ccc1S(=O)(=O)NCCc1nc(C)no1. The summed E-state index contributed by atoms with van der Waals surface area (Å²) in [5, 5.41) is 3.63. The summed E-state index contributed by atoms with van der Waals surface area (Å²) < 4.78 is 36.8. The number of nitrogens with zero attached hydrogens (tertiary/aromatic N) is 2. The number of hydrogen-bond acceptors (Lipinski definition) is 7. The first kappa shape index (κ1) is 15.3. The molecule has 0 saturated heterocycles. The minimum Gasteiger partial charge on any atom is -0.495 e. The van der Waals surface area contributed by atoms with Crippen LogP contribution >= 0.6 is 0 Å². The van der Waals surface area contributed by atoms with E-state index in [1.54, 1.807) is 6.92 Å². The van der Waals surface area contributed by atoms with E-state index in [4.69, 9.17) is 15.0 Å². The second-order valence-corrected chi connectivity index (χ2v) is 6.03. The van der Waals surface area contributed by atoms with Crippen LogP contribution in [-0.4, -0.2) is 32.2 Å². The molecule has 1 aromatic carbocycles. The zero-order chi connectivity index (χ0) is 15.5. The predicted molar refractivity (Wildman–Crippen MR) is 75.3 cm³/mol. The Morgan fingerprint density at radius 3 is 2.81 bits per heavy atom. The number of nitrogen functional groups attached to an aromatic ring is 1. The van der Waals surface area contributed by atoms with Gasteiger partial charge >= 0.3 is 0 Å². The predicted octanol–water partition coefficient (Wildman–Crippen LogP) is 0.490. The van der Waals surface area contributed by atoms with Crippen LogP contribution in [0, 0.1) is 6.92 Å². The van der Waals surface area contributed by atoms with Gasteiger partial charge in [-0.2, -0.15) is 4.98 Å². The quantitative estimate of drug-likeness (QED) is 0.745. The molecule has 0 fully saturated rings. The van der Waals surface area contributed by atoms with Gasteiger partial charge in [0, 0.05) is 24.7 Å². The summed E-state index contributed by atoms with van der Waals surface area (Å²) in [6.45, 7) is 1.83. The van der Waals surface area contributed by atoms with Crippen LogP contribution in [0.1, 0.15) is 11.7 Å². The lowest BCUT2D eigenvalue weighted by Crippen LogP contribution is -2.26. The standard InChI is InChI=1S/C12H16N4O4S/c1-8-15-12(20-16-8)5-6-14-21(17,18)11-4-3-9(13)7-10(11)19-2/h3-4,7,14H,5-6,13H2,1-2H3. The molecule has 0 amide bonds. The van der Waals surface area contributed by atoms with Gasteiger partial charge in [-0.15, -0.1) is 0 Å². The van der Waals surface area contributed by atoms with Gasteiger partial charge in [0.2, 0.25) is 15.9 Å². The number of nitrogens with two attached hydrogens (primary N) is 1. The van der Waals surface area contributed by atoms with Gasteiger partial charge < -0.3 is 15.0 Å². The van der Waals surface area contributed by atoms with Gasteiger partial charge in [0.1, 0.15) is 10.6 Å². The van der Waals surface area contributed by atoms with Crippen molar-refractivity contribution in [2.75, 3.05) is 19.4 Å².